The number of nitrogens with zero attached hydrogens (tertiary/aromatic N) is 3. The van der Waals surface area contributed by atoms with E-state index in [1.807, 2.05) is 30.5 Å². The lowest BCUT2D eigenvalue weighted by Gasteiger charge is -2.21. The maximum absolute atomic E-state index is 11.2. The standard InChI is InChI=1S/C45H43N3O2/c1-26(2)48-36-16-11-15-31(42(36)47-43(48)35-24-29(44(3,4)5)18-19-37(35)49)28-22-33(40-32-14-9-10-17-38(32)50-39(40)23-28)34-25-30(45(6,7)8)21-27-13-12-20-46-41(27)34/h9-26,49H,1-8H3. The molecule has 0 spiro atoms. The smallest absolute Gasteiger partial charge is 0.145 e. The summed E-state index contributed by atoms with van der Waals surface area (Å²) in [4.78, 5) is 10.3. The van der Waals surface area contributed by atoms with Gasteiger partial charge in [0, 0.05) is 39.5 Å². The summed E-state index contributed by atoms with van der Waals surface area (Å²) in [5.74, 6) is 0.977. The molecule has 5 aromatic carbocycles. The van der Waals surface area contributed by atoms with Crippen LogP contribution >= 0.6 is 0 Å². The van der Waals surface area contributed by atoms with Crippen LogP contribution in [0.4, 0.5) is 0 Å². The van der Waals surface area contributed by atoms with Crippen molar-refractivity contribution in [2.24, 2.45) is 0 Å². The molecule has 3 aromatic heterocycles. The Labute approximate surface area is 293 Å². The molecular weight excluding hydrogens is 615 g/mol. The molecule has 3 heterocycles. The lowest BCUT2D eigenvalue weighted by molar-refractivity contribution is 0.474. The van der Waals surface area contributed by atoms with Crippen molar-refractivity contribution in [2.75, 3.05) is 0 Å². The van der Waals surface area contributed by atoms with Gasteiger partial charge in [0.2, 0.25) is 0 Å². The van der Waals surface area contributed by atoms with E-state index >= 15 is 0 Å². The summed E-state index contributed by atoms with van der Waals surface area (Å²) in [5.41, 5.74) is 11.7. The number of rotatable bonds is 4. The number of aromatic hydroxyl groups is 1. The van der Waals surface area contributed by atoms with Gasteiger partial charge in [-0.1, -0.05) is 84.0 Å². The number of pyridine rings is 1. The summed E-state index contributed by atoms with van der Waals surface area (Å²) in [6, 6.07) is 33.8. The molecule has 0 saturated heterocycles. The number of hydrogen-bond donors (Lipinski definition) is 1. The third-order valence-corrected chi connectivity index (χ3v) is 9.99. The zero-order valence-electron chi connectivity index (χ0n) is 30.1. The van der Waals surface area contributed by atoms with Crippen LogP contribution in [0, 0.1) is 0 Å². The Kier molecular flexibility index (Phi) is 7.20. The van der Waals surface area contributed by atoms with Gasteiger partial charge in [0.15, 0.2) is 0 Å². The van der Waals surface area contributed by atoms with Gasteiger partial charge in [-0.25, -0.2) is 4.98 Å². The fourth-order valence-corrected chi connectivity index (χ4v) is 7.30. The molecular formula is C45H43N3O2. The molecule has 0 saturated carbocycles. The van der Waals surface area contributed by atoms with Crippen molar-refractivity contribution in [1.29, 1.82) is 0 Å². The molecule has 0 aliphatic rings. The Bertz CT molecular complexity index is 2610. The average molecular weight is 658 g/mol. The Morgan fingerprint density at radius 1 is 0.660 bits per heavy atom. The van der Waals surface area contributed by atoms with Gasteiger partial charge in [0.1, 0.15) is 22.7 Å². The first-order valence-electron chi connectivity index (χ1n) is 17.5. The van der Waals surface area contributed by atoms with Gasteiger partial charge in [-0.15, -0.1) is 0 Å². The highest BCUT2D eigenvalue weighted by Crippen LogP contribution is 2.45. The van der Waals surface area contributed by atoms with E-state index in [9.17, 15) is 5.11 Å². The minimum Gasteiger partial charge on any atom is -0.507 e. The maximum Gasteiger partial charge on any atom is 0.145 e. The number of benzene rings is 5. The molecule has 0 aliphatic carbocycles. The number of aromatic nitrogens is 3. The molecule has 5 heteroatoms. The number of hydrogen-bond acceptors (Lipinski definition) is 4. The lowest BCUT2D eigenvalue weighted by Crippen LogP contribution is -2.11. The molecule has 250 valence electrons. The topological polar surface area (TPSA) is 64.1 Å². The Morgan fingerprint density at radius 3 is 2.18 bits per heavy atom. The fourth-order valence-electron chi connectivity index (χ4n) is 7.30. The molecule has 50 heavy (non-hydrogen) atoms. The molecule has 8 aromatic rings. The van der Waals surface area contributed by atoms with Crippen LogP contribution in [0.15, 0.2) is 108 Å². The van der Waals surface area contributed by atoms with E-state index in [1.165, 1.54) is 5.56 Å². The highest BCUT2D eigenvalue weighted by Gasteiger charge is 2.25. The van der Waals surface area contributed by atoms with Crippen LogP contribution < -0.4 is 0 Å². The number of phenols is 1. The molecule has 0 fully saturated rings. The maximum atomic E-state index is 11.2. The minimum atomic E-state index is -0.0794. The van der Waals surface area contributed by atoms with E-state index in [0.717, 1.165) is 83.1 Å². The monoisotopic (exact) mass is 657 g/mol. The fraction of sp³-hybridized carbons (Fsp3) is 0.244. The Morgan fingerprint density at radius 2 is 1.42 bits per heavy atom. The Hall–Kier alpha value is -5.42. The van der Waals surface area contributed by atoms with Gasteiger partial charge in [0.05, 0.1) is 22.1 Å². The molecule has 0 amide bonds. The van der Waals surface area contributed by atoms with E-state index in [4.69, 9.17) is 14.4 Å². The van der Waals surface area contributed by atoms with E-state index in [0.29, 0.717) is 0 Å². The molecule has 1 N–H and O–H groups in total. The zero-order chi connectivity index (χ0) is 35.1. The van der Waals surface area contributed by atoms with Crippen LogP contribution in [0.3, 0.4) is 0 Å². The first-order valence-corrected chi connectivity index (χ1v) is 17.5. The van der Waals surface area contributed by atoms with Crippen molar-refractivity contribution in [3.05, 3.63) is 114 Å². The minimum absolute atomic E-state index is 0.0600. The summed E-state index contributed by atoms with van der Waals surface area (Å²) >= 11 is 0. The van der Waals surface area contributed by atoms with E-state index in [1.54, 1.807) is 6.07 Å². The molecule has 0 bridgehead atoms. The number of imidazole rings is 1. The van der Waals surface area contributed by atoms with Crippen molar-refractivity contribution in [3.63, 3.8) is 0 Å². The SMILES string of the molecule is CC(C)n1c(-c2cc(C(C)(C)C)ccc2O)nc2c(-c3cc(-c4cc(C(C)(C)C)cc5cccnc45)c4c(c3)oc3ccccc34)cccc21. The van der Waals surface area contributed by atoms with Crippen molar-refractivity contribution in [3.8, 4) is 39.4 Å². The molecule has 0 atom stereocenters. The quantitative estimate of drug-likeness (QED) is 0.205. The molecule has 8 rings (SSSR count). The van der Waals surface area contributed by atoms with Crippen LogP contribution in [0.2, 0.25) is 0 Å². The second-order valence-corrected chi connectivity index (χ2v) is 15.9. The first kappa shape index (κ1) is 31.8. The summed E-state index contributed by atoms with van der Waals surface area (Å²) in [6.07, 6.45) is 1.88. The third-order valence-electron chi connectivity index (χ3n) is 9.99. The molecule has 0 radical (unpaired) electrons. The van der Waals surface area contributed by atoms with Gasteiger partial charge in [-0.2, -0.15) is 0 Å². The number of furan rings is 1. The third kappa shape index (κ3) is 5.15. The summed E-state index contributed by atoms with van der Waals surface area (Å²) < 4.78 is 8.86. The molecule has 5 nitrogen and oxygen atoms in total. The molecule has 0 unspecified atom stereocenters. The number of para-hydroxylation sites is 2. The summed E-state index contributed by atoms with van der Waals surface area (Å²) in [6.45, 7) is 17.7. The summed E-state index contributed by atoms with van der Waals surface area (Å²) in [5, 5.41) is 14.5. The highest BCUT2D eigenvalue weighted by molar-refractivity contribution is 6.16. The highest BCUT2D eigenvalue weighted by atomic mass is 16.3. The van der Waals surface area contributed by atoms with Crippen LogP contribution in [0.25, 0.3) is 77.5 Å². The van der Waals surface area contributed by atoms with Gasteiger partial charge < -0.3 is 14.1 Å². The lowest BCUT2D eigenvalue weighted by atomic mass is 9.83. The zero-order valence-corrected chi connectivity index (χ0v) is 30.1. The first-order chi connectivity index (χ1) is 23.8. The van der Waals surface area contributed by atoms with Gasteiger partial charge in [-0.3, -0.25) is 4.98 Å². The van der Waals surface area contributed by atoms with Crippen molar-refractivity contribution in [1.82, 2.24) is 14.5 Å². The van der Waals surface area contributed by atoms with Crippen LogP contribution in [-0.2, 0) is 10.8 Å². The van der Waals surface area contributed by atoms with Crippen LogP contribution in [0.1, 0.15) is 72.6 Å². The van der Waals surface area contributed by atoms with Crippen LogP contribution in [0.5, 0.6) is 5.75 Å². The summed E-state index contributed by atoms with van der Waals surface area (Å²) in [7, 11) is 0. The van der Waals surface area contributed by atoms with Crippen molar-refractivity contribution in [2.45, 2.75) is 72.3 Å². The average Bonchev–Trinajstić information content (AvgIpc) is 3.65. The second-order valence-electron chi connectivity index (χ2n) is 15.9. The van der Waals surface area contributed by atoms with E-state index in [2.05, 4.69) is 127 Å². The Balaban J connectivity index is 1.45. The van der Waals surface area contributed by atoms with Gasteiger partial charge >= 0.3 is 0 Å². The molecule has 0 aliphatic heterocycles. The van der Waals surface area contributed by atoms with Crippen molar-refractivity contribution < 1.29 is 9.52 Å². The van der Waals surface area contributed by atoms with Crippen molar-refractivity contribution >= 4 is 43.9 Å². The van der Waals surface area contributed by atoms with Gasteiger partial charge in [0.25, 0.3) is 0 Å². The predicted molar refractivity (Wildman–Crippen MR) is 208 cm³/mol. The van der Waals surface area contributed by atoms with E-state index in [-0.39, 0.29) is 22.6 Å². The number of phenolic OH excluding ortho intramolecular Hbond substituents is 1. The van der Waals surface area contributed by atoms with Gasteiger partial charge in [-0.05, 0) is 102 Å². The second kappa shape index (κ2) is 11.3. The predicted octanol–water partition coefficient (Wildman–Crippen LogP) is 12.4. The van der Waals surface area contributed by atoms with E-state index < -0.39 is 0 Å². The van der Waals surface area contributed by atoms with Crippen LogP contribution in [-0.4, -0.2) is 19.6 Å². The normalized spacial score (nSPS) is 12.7. The number of fused-ring (bicyclic) bond motifs is 5. The largest absolute Gasteiger partial charge is 0.507 e.